The first-order valence-electron chi connectivity index (χ1n) is 11.5. The van der Waals surface area contributed by atoms with Gasteiger partial charge in [0.25, 0.3) is 0 Å². The maximum absolute atomic E-state index is 11.5. The van der Waals surface area contributed by atoms with Crippen LogP contribution in [0.25, 0.3) is 0 Å². The number of nitrogens with one attached hydrogen (secondary N) is 2. The molecule has 2 rings (SSSR count). The van der Waals surface area contributed by atoms with Gasteiger partial charge in [-0.1, -0.05) is 12.1 Å². The summed E-state index contributed by atoms with van der Waals surface area (Å²) in [6, 6.07) is 12.5. The molecule has 0 spiro atoms. The van der Waals surface area contributed by atoms with E-state index in [1.807, 2.05) is 13.8 Å². The standard InChI is InChI=1S/C26H38N4O2/c1-7-29(23-13-11-19(3)25(17-23)27-21(5)31)15-9-10-16-30(8-2)24-14-12-20(4)26(18-24)28-22(6)32/h11-14,17-18H,7-10,15-16H2,1-6H3,(H,27,31)(H,28,32). The van der Waals surface area contributed by atoms with Gasteiger partial charge in [-0.25, -0.2) is 0 Å². The number of aryl methyl sites for hydroxylation is 2. The molecule has 0 unspecified atom stereocenters. The van der Waals surface area contributed by atoms with Crippen molar-refractivity contribution in [3.05, 3.63) is 47.5 Å². The van der Waals surface area contributed by atoms with Crippen LogP contribution < -0.4 is 20.4 Å². The lowest BCUT2D eigenvalue weighted by Gasteiger charge is -2.27. The third kappa shape index (κ3) is 7.29. The summed E-state index contributed by atoms with van der Waals surface area (Å²) in [6.45, 7) is 15.2. The van der Waals surface area contributed by atoms with E-state index in [9.17, 15) is 9.59 Å². The van der Waals surface area contributed by atoms with E-state index in [1.54, 1.807) is 0 Å². The van der Waals surface area contributed by atoms with Crippen molar-refractivity contribution in [2.45, 2.75) is 54.4 Å². The normalized spacial score (nSPS) is 10.6. The van der Waals surface area contributed by atoms with Gasteiger partial charge in [-0.15, -0.1) is 0 Å². The number of amides is 2. The van der Waals surface area contributed by atoms with Crippen molar-refractivity contribution in [3.8, 4) is 0 Å². The van der Waals surface area contributed by atoms with Gasteiger partial charge in [0.05, 0.1) is 0 Å². The maximum atomic E-state index is 11.5. The lowest BCUT2D eigenvalue weighted by Crippen LogP contribution is -2.27. The van der Waals surface area contributed by atoms with Gasteiger partial charge in [0, 0.05) is 62.8 Å². The molecule has 0 heterocycles. The highest BCUT2D eigenvalue weighted by molar-refractivity contribution is 5.90. The quantitative estimate of drug-likeness (QED) is 0.464. The third-order valence-corrected chi connectivity index (χ3v) is 5.66. The predicted molar refractivity (Wildman–Crippen MR) is 136 cm³/mol. The van der Waals surface area contributed by atoms with Crippen LogP contribution in [0.2, 0.25) is 0 Å². The van der Waals surface area contributed by atoms with Gasteiger partial charge in [0.1, 0.15) is 0 Å². The minimum atomic E-state index is -0.0503. The molecule has 0 bridgehead atoms. The fraction of sp³-hybridized carbons (Fsp3) is 0.462. The van der Waals surface area contributed by atoms with Gasteiger partial charge in [-0.2, -0.15) is 0 Å². The van der Waals surface area contributed by atoms with Crippen molar-refractivity contribution >= 4 is 34.6 Å². The number of anilines is 4. The first-order chi connectivity index (χ1) is 15.2. The van der Waals surface area contributed by atoms with Crippen LogP contribution in [0.1, 0.15) is 51.7 Å². The van der Waals surface area contributed by atoms with Gasteiger partial charge in [0.2, 0.25) is 11.8 Å². The average molecular weight is 439 g/mol. The molecular formula is C26H38N4O2. The highest BCUT2D eigenvalue weighted by atomic mass is 16.2. The van der Waals surface area contributed by atoms with Gasteiger partial charge in [-0.3, -0.25) is 9.59 Å². The number of carbonyl (C=O) groups is 2. The Morgan fingerprint density at radius 3 is 1.41 bits per heavy atom. The summed E-state index contributed by atoms with van der Waals surface area (Å²) >= 11 is 0. The molecule has 6 nitrogen and oxygen atoms in total. The molecule has 0 aliphatic heterocycles. The highest BCUT2D eigenvalue weighted by Gasteiger charge is 2.10. The van der Waals surface area contributed by atoms with E-state index >= 15 is 0 Å². The van der Waals surface area contributed by atoms with Gasteiger partial charge in [0.15, 0.2) is 0 Å². The van der Waals surface area contributed by atoms with Crippen LogP contribution >= 0.6 is 0 Å². The lowest BCUT2D eigenvalue weighted by atomic mass is 10.1. The van der Waals surface area contributed by atoms with Gasteiger partial charge in [-0.05, 0) is 75.9 Å². The van der Waals surface area contributed by atoms with Crippen LogP contribution in [0.4, 0.5) is 22.7 Å². The predicted octanol–water partition coefficient (Wildman–Crippen LogP) is 5.35. The SMILES string of the molecule is CCN(CCCCN(CC)c1ccc(C)c(NC(C)=O)c1)c1ccc(C)c(NC(C)=O)c1. The smallest absolute Gasteiger partial charge is 0.221 e. The molecule has 32 heavy (non-hydrogen) atoms. The Labute approximate surface area is 193 Å². The summed E-state index contributed by atoms with van der Waals surface area (Å²) in [5.41, 5.74) is 6.14. The van der Waals surface area contributed by atoms with Crippen molar-refractivity contribution in [2.24, 2.45) is 0 Å². The van der Waals surface area contributed by atoms with E-state index < -0.39 is 0 Å². The summed E-state index contributed by atoms with van der Waals surface area (Å²) < 4.78 is 0. The molecule has 0 saturated heterocycles. The summed E-state index contributed by atoms with van der Waals surface area (Å²) in [7, 11) is 0. The first kappa shape index (κ1) is 25.2. The van der Waals surface area contributed by atoms with Gasteiger partial charge < -0.3 is 20.4 Å². The molecular weight excluding hydrogens is 400 g/mol. The topological polar surface area (TPSA) is 64.7 Å². The zero-order valence-electron chi connectivity index (χ0n) is 20.4. The summed E-state index contributed by atoms with van der Waals surface area (Å²) in [5.74, 6) is -0.101. The van der Waals surface area contributed by atoms with Crippen molar-refractivity contribution < 1.29 is 9.59 Å². The van der Waals surface area contributed by atoms with Crippen LogP contribution in [0.5, 0.6) is 0 Å². The molecule has 0 radical (unpaired) electrons. The molecule has 2 aromatic carbocycles. The molecule has 174 valence electrons. The molecule has 0 aliphatic carbocycles. The van der Waals surface area contributed by atoms with Crippen LogP contribution in [0, 0.1) is 13.8 Å². The number of hydrogen-bond acceptors (Lipinski definition) is 4. The second kappa shape index (κ2) is 12.1. The fourth-order valence-corrected chi connectivity index (χ4v) is 3.81. The molecule has 2 N–H and O–H groups in total. The van der Waals surface area contributed by atoms with Gasteiger partial charge >= 0.3 is 0 Å². The van der Waals surface area contributed by atoms with Crippen molar-refractivity contribution in [1.82, 2.24) is 0 Å². The van der Waals surface area contributed by atoms with E-state index in [4.69, 9.17) is 0 Å². The van der Waals surface area contributed by atoms with E-state index in [0.29, 0.717) is 0 Å². The highest BCUT2D eigenvalue weighted by Crippen LogP contribution is 2.25. The molecule has 0 fully saturated rings. The Kier molecular flexibility index (Phi) is 9.57. The Hall–Kier alpha value is -3.02. The zero-order valence-corrected chi connectivity index (χ0v) is 20.4. The Morgan fingerprint density at radius 1 is 0.719 bits per heavy atom. The van der Waals surface area contributed by atoms with Crippen molar-refractivity contribution in [1.29, 1.82) is 0 Å². The van der Waals surface area contributed by atoms with Crippen LogP contribution in [-0.4, -0.2) is 38.0 Å². The molecule has 0 saturated carbocycles. The van der Waals surface area contributed by atoms with E-state index in [0.717, 1.165) is 72.9 Å². The molecule has 6 heteroatoms. The van der Waals surface area contributed by atoms with Crippen LogP contribution in [0.15, 0.2) is 36.4 Å². The second-order valence-corrected chi connectivity index (χ2v) is 8.23. The van der Waals surface area contributed by atoms with E-state index in [-0.39, 0.29) is 11.8 Å². The second-order valence-electron chi connectivity index (χ2n) is 8.23. The zero-order chi connectivity index (χ0) is 23.7. The maximum Gasteiger partial charge on any atom is 0.221 e. The molecule has 2 aromatic rings. The Morgan fingerprint density at radius 2 is 1.09 bits per heavy atom. The molecule has 0 aliphatic rings. The number of rotatable bonds is 11. The van der Waals surface area contributed by atoms with Crippen molar-refractivity contribution in [2.75, 3.05) is 46.6 Å². The summed E-state index contributed by atoms with van der Waals surface area (Å²) in [6.07, 6.45) is 2.14. The largest absolute Gasteiger partial charge is 0.372 e. The average Bonchev–Trinajstić information content (AvgIpc) is 2.74. The Bertz CT molecular complexity index is 851. The molecule has 0 atom stereocenters. The molecule has 0 aromatic heterocycles. The molecule has 2 amide bonds. The number of nitrogens with zero attached hydrogens (tertiary/aromatic N) is 2. The number of benzene rings is 2. The number of carbonyl (C=O) groups excluding carboxylic acids is 2. The lowest BCUT2D eigenvalue weighted by molar-refractivity contribution is -0.115. The van der Waals surface area contributed by atoms with Crippen LogP contribution in [-0.2, 0) is 9.59 Å². The number of hydrogen-bond donors (Lipinski definition) is 2. The van der Waals surface area contributed by atoms with Crippen molar-refractivity contribution in [3.63, 3.8) is 0 Å². The monoisotopic (exact) mass is 438 g/mol. The minimum absolute atomic E-state index is 0.0503. The Balaban J connectivity index is 1.97. The third-order valence-electron chi connectivity index (χ3n) is 5.66. The number of unbranched alkanes of at least 4 members (excludes halogenated alkanes) is 1. The van der Waals surface area contributed by atoms with E-state index in [1.165, 1.54) is 13.8 Å². The minimum Gasteiger partial charge on any atom is -0.372 e. The summed E-state index contributed by atoms with van der Waals surface area (Å²) in [4.78, 5) is 27.7. The summed E-state index contributed by atoms with van der Waals surface area (Å²) in [5, 5.41) is 5.84. The van der Waals surface area contributed by atoms with Crippen LogP contribution in [0.3, 0.4) is 0 Å². The first-order valence-corrected chi connectivity index (χ1v) is 11.5. The fourth-order valence-electron chi connectivity index (χ4n) is 3.81. The van der Waals surface area contributed by atoms with E-state index in [2.05, 4.69) is 70.7 Å².